The maximum absolute atomic E-state index is 5.91. The highest BCUT2D eigenvalue weighted by atomic mass is 16.5. The molecule has 2 heterocycles. The Morgan fingerprint density at radius 1 is 1.35 bits per heavy atom. The van der Waals surface area contributed by atoms with Crippen molar-refractivity contribution in [3.05, 3.63) is 30.1 Å². The molecule has 0 saturated carbocycles. The average molecular weight is 276 g/mol. The zero-order valence-corrected chi connectivity index (χ0v) is 13.0. The summed E-state index contributed by atoms with van der Waals surface area (Å²) in [6.07, 6.45) is 7.65. The molecule has 112 valence electrons. The second kappa shape index (κ2) is 7.75. The van der Waals surface area contributed by atoms with Gasteiger partial charge in [0.25, 0.3) is 0 Å². The fraction of sp³-hybridized carbons (Fsp3) is 0.706. The van der Waals surface area contributed by atoms with Gasteiger partial charge in [-0.05, 0) is 49.4 Å². The fourth-order valence-electron chi connectivity index (χ4n) is 3.38. The van der Waals surface area contributed by atoms with Crippen molar-refractivity contribution in [1.82, 2.24) is 10.3 Å². The van der Waals surface area contributed by atoms with E-state index in [1.54, 1.807) is 0 Å². The average Bonchev–Trinajstić information content (AvgIpc) is 2.96. The number of nitrogens with one attached hydrogen (secondary N) is 1. The minimum absolute atomic E-state index is 0.411. The first kappa shape index (κ1) is 15.5. The highest BCUT2D eigenvalue weighted by Crippen LogP contribution is 2.33. The summed E-state index contributed by atoms with van der Waals surface area (Å²) in [5.41, 5.74) is 1.37. The van der Waals surface area contributed by atoms with Gasteiger partial charge < -0.3 is 10.1 Å². The molecule has 0 amide bonds. The zero-order chi connectivity index (χ0) is 14.4. The molecule has 2 rings (SSSR count). The van der Waals surface area contributed by atoms with Crippen LogP contribution in [-0.4, -0.2) is 30.3 Å². The molecule has 0 aliphatic carbocycles. The third kappa shape index (κ3) is 3.58. The molecule has 1 fully saturated rings. The van der Waals surface area contributed by atoms with Crippen molar-refractivity contribution in [3.63, 3.8) is 0 Å². The molecule has 1 saturated heterocycles. The van der Waals surface area contributed by atoms with Gasteiger partial charge >= 0.3 is 0 Å². The number of pyridine rings is 1. The zero-order valence-electron chi connectivity index (χ0n) is 13.0. The van der Waals surface area contributed by atoms with Crippen molar-refractivity contribution in [2.24, 2.45) is 5.92 Å². The van der Waals surface area contributed by atoms with Crippen LogP contribution in [0.15, 0.2) is 24.5 Å². The largest absolute Gasteiger partial charge is 0.378 e. The van der Waals surface area contributed by atoms with E-state index in [1.807, 2.05) is 12.4 Å². The number of rotatable bonds is 7. The maximum Gasteiger partial charge on any atom is 0.0616 e. The molecule has 3 nitrogen and oxygen atoms in total. The quantitative estimate of drug-likeness (QED) is 0.829. The lowest BCUT2D eigenvalue weighted by Crippen LogP contribution is -2.43. The van der Waals surface area contributed by atoms with E-state index in [-0.39, 0.29) is 0 Å². The Kier molecular flexibility index (Phi) is 5.99. The first-order valence-corrected chi connectivity index (χ1v) is 8.02. The van der Waals surface area contributed by atoms with E-state index in [0.717, 1.165) is 19.6 Å². The Bertz CT molecular complexity index is 382. The summed E-state index contributed by atoms with van der Waals surface area (Å²) in [5.74, 6) is 1.11. The van der Waals surface area contributed by atoms with Crippen LogP contribution < -0.4 is 5.32 Å². The van der Waals surface area contributed by atoms with Gasteiger partial charge in [0, 0.05) is 31.0 Å². The minimum atomic E-state index is 0.411. The van der Waals surface area contributed by atoms with Gasteiger partial charge in [-0.2, -0.15) is 0 Å². The lowest BCUT2D eigenvalue weighted by Gasteiger charge is -2.33. The molecule has 4 atom stereocenters. The Morgan fingerprint density at radius 2 is 2.10 bits per heavy atom. The second-order valence-corrected chi connectivity index (χ2v) is 5.82. The summed E-state index contributed by atoms with van der Waals surface area (Å²) in [5, 5.41) is 3.77. The Hall–Kier alpha value is -0.930. The molecule has 1 aliphatic heterocycles. The van der Waals surface area contributed by atoms with E-state index in [2.05, 4.69) is 43.2 Å². The topological polar surface area (TPSA) is 34.2 Å². The predicted molar refractivity (Wildman–Crippen MR) is 82.9 cm³/mol. The molecule has 1 aromatic rings. The summed E-state index contributed by atoms with van der Waals surface area (Å²) in [7, 11) is 0. The molecule has 0 radical (unpaired) electrons. The molecule has 4 unspecified atom stereocenters. The van der Waals surface area contributed by atoms with Crippen LogP contribution in [0.2, 0.25) is 0 Å². The standard InChI is InChI=1S/C17H28N2O/c1-4-9-19-17(15-8-12-20-16(15)5-2)13(3)14-6-10-18-11-7-14/h6-7,10-11,13,15-17,19H,4-5,8-9,12H2,1-3H3. The van der Waals surface area contributed by atoms with Crippen LogP contribution in [0.25, 0.3) is 0 Å². The van der Waals surface area contributed by atoms with E-state index in [1.165, 1.54) is 18.4 Å². The third-order valence-electron chi connectivity index (χ3n) is 4.52. The fourth-order valence-corrected chi connectivity index (χ4v) is 3.38. The molecular formula is C17H28N2O. The van der Waals surface area contributed by atoms with Crippen LogP contribution in [0.4, 0.5) is 0 Å². The first-order valence-electron chi connectivity index (χ1n) is 8.02. The minimum Gasteiger partial charge on any atom is -0.378 e. The van der Waals surface area contributed by atoms with Crippen molar-refractivity contribution in [3.8, 4) is 0 Å². The Labute approximate surface area is 123 Å². The van der Waals surface area contributed by atoms with Gasteiger partial charge in [0.15, 0.2) is 0 Å². The molecule has 1 N–H and O–H groups in total. The maximum atomic E-state index is 5.91. The van der Waals surface area contributed by atoms with Crippen molar-refractivity contribution in [2.75, 3.05) is 13.2 Å². The molecule has 20 heavy (non-hydrogen) atoms. The van der Waals surface area contributed by atoms with Gasteiger partial charge in [0.1, 0.15) is 0 Å². The number of hydrogen-bond acceptors (Lipinski definition) is 3. The van der Waals surface area contributed by atoms with Crippen molar-refractivity contribution < 1.29 is 4.74 Å². The summed E-state index contributed by atoms with van der Waals surface area (Å²) >= 11 is 0. The normalized spacial score (nSPS) is 25.6. The molecule has 1 aliphatic rings. The summed E-state index contributed by atoms with van der Waals surface area (Å²) in [6.45, 7) is 8.78. The van der Waals surface area contributed by atoms with Gasteiger partial charge in [-0.15, -0.1) is 0 Å². The SMILES string of the molecule is CCCNC(C(C)c1ccncc1)C1CCOC1CC. The van der Waals surface area contributed by atoms with Gasteiger partial charge in [-0.1, -0.05) is 20.8 Å². The van der Waals surface area contributed by atoms with Gasteiger partial charge in [0.2, 0.25) is 0 Å². The van der Waals surface area contributed by atoms with E-state index in [0.29, 0.717) is 24.0 Å². The number of hydrogen-bond donors (Lipinski definition) is 1. The molecule has 1 aromatic heterocycles. The predicted octanol–water partition coefficient (Wildman–Crippen LogP) is 3.37. The summed E-state index contributed by atoms with van der Waals surface area (Å²) in [6, 6.07) is 4.77. The van der Waals surface area contributed by atoms with Crippen LogP contribution >= 0.6 is 0 Å². The molecule has 0 aromatic carbocycles. The number of nitrogens with zero attached hydrogens (tertiary/aromatic N) is 1. The Morgan fingerprint density at radius 3 is 2.75 bits per heavy atom. The first-order chi connectivity index (χ1) is 9.77. The molecule has 0 spiro atoms. The summed E-state index contributed by atoms with van der Waals surface area (Å²) < 4.78 is 5.91. The van der Waals surface area contributed by atoms with Crippen molar-refractivity contribution >= 4 is 0 Å². The highest BCUT2D eigenvalue weighted by Gasteiger charge is 2.36. The lowest BCUT2D eigenvalue weighted by molar-refractivity contribution is 0.0747. The van der Waals surface area contributed by atoms with Crippen LogP contribution in [0.5, 0.6) is 0 Å². The van der Waals surface area contributed by atoms with Gasteiger partial charge in [0.05, 0.1) is 6.10 Å². The summed E-state index contributed by atoms with van der Waals surface area (Å²) in [4.78, 5) is 4.13. The van der Waals surface area contributed by atoms with E-state index < -0.39 is 0 Å². The lowest BCUT2D eigenvalue weighted by atomic mass is 9.81. The van der Waals surface area contributed by atoms with E-state index in [9.17, 15) is 0 Å². The van der Waals surface area contributed by atoms with Gasteiger partial charge in [-0.3, -0.25) is 4.98 Å². The van der Waals surface area contributed by atoms with Crippen LogP contribution in [0.3, 0.4) is 0 Å². The highest BCUT2D eigenvalue weighted by molar-refractivity contribution is 5.18. The Balaban J connectivity index is 2.14. The van der Waals surface area contributed by atoms with Crippen LogP contribution in [-0.2, 0) is 4.74 Å². The van der Waals surface area contributed by atoms with E-state index in [4.69, 9.17) is 4.74 Å². The molecule has 3 heteroatoms. The van der Waals surface area contributed by atoms with Crippen LogP contribution in [0, 0.1) is 5.92 Å². The van der Waals surface area contributed by atoms with Crippen molar-refractivity contribution in [2.45, 2.75) is 58.1 Å². The molecule has 0 bridgehead atoms. The number of aromatic nitrogens is 1. The molecular weight excluding hydrogens is 248 g/mol. The van der Waals surface area contributed by atoms with Gasteiger partial charge in [-0.25, -0.2) is 0 Å². The van der Waals surface area contributed by atoms with Crippen molar-refractivity contribution in [1.29, 1.82) is 0 Å². The van der Waals surface area contributed by atoms with E-state index >= 15 is 0 Å². The smallest absolute Gasteiger partial charge is 0.0616 e. The second-order valence-electron chi connectivity index (χ2n) is 5.82. The third-order valence-corrected chi connectivity index (χ3v) is 4.52. The monoisotopic (exact) mass is 276 g/mol. The van der Waals surface area contributed by atoms with Crippen LogP contribution in [0.1, 0.15) is 51.5 Å². The number of ether oxygens (including phenoxy) is 1.